The molecule has 0 aliphatic carbocycles. The van der Waals surface area contributed by atoms with E-state index in [1.165, 1.54) is 0 Å². The van der Waals surface area contributed by atoms with Gasteiger partial charge in [0.15, 0.2) is 0 Å². The quantitative estimate of drug-likeness (QED) is 0.543. The Labute approximate surface area is 188 Å². The van der Waals surface area contributed by atoms with Gasteiger partial charge in [-0.05, 0) is 73.0 Å². The van der Waals surface area contributed by atoms with Crippen LogP contribution in [0.2, 0.25) is 0 Å². The lowest BCUT2D eigenvalue weighted by Gasteiger charge is -2.34. The Balaban J connectivity index is 1.78. The number of aromatic amines is 1. The Morgan fingerprint density at radius 2 is 2.07 bits per heavy atom. The van der Waals surface area contributed by atoms with Gasteiger partial charge >= 0.3 is 6.09 Å². The van der Waals surface area contributed by atoms with Gasteiger partial charge in [-0.3, -0.25) is 0 Å². The number of H-pyrrole nitrogens is 1. The monoisotopic (exact) mass is 549 g/mol. The third-order valence-corrected chi connectivity index (χ3v) is 7.39. The molecule has 10 nitrogen and oxygen atoms in total. The molecule has 30 heavy (non-hydrogen) atoms. The molecule has 1 aliphatic rings. The van der Waals surface area contributed by atoms with Crippen molar-refractivity contribution in [3.8, 4) is 0 Å². The van der Waals surface area contributed by atoms with Crippen LogP contribution in [0.1, 0.15) is 44.4 Å². The van der Waals surface area contributed by atoms with Crippen molar-refractivity contribution in [1.82, 2.24) is 25.9 Å². The molecule has 1 amide bonds. The zero-order chi connectivity index (χ0) is 21.9. The molecule has 2 aromatic rings. The second-order valence-electron chi connectivity index (χ2n) is 7.97. The topological polar surface area (TPSA) is 136 Å². The number of halogens is 1. The minimum Gasteiger partial charge on any atom is -0.444 e. The third kappa shape index (κ3) is 5.46. The van der Waals surface area contributed by atoms with E-state index in [1.54, 1.807) is 32.9 Å². The molecule has 1 fully saturated rings. The predicted molar refractivity (Wildman–Crippen MR) is 115 cm³/mol. The van der Waals surface area contributed by atoms with Crippen LogP contribution in [0.3, 0.4) is 0 Å². The van der Waals surface area contributed by atoms with Gasteiger partial charge in [0.2, 0.25) is 9.84 Å². The van der Waals surface area contributed by atoms with Gasteiger partial charge < -0.3 is 14.8 Å². The van der Waals surface area contributed by atoms with Gasteiger partial charge in [0.05, 0.1) is 18.8 Å². The number of nitrogens with zero attached hydrogens (tertiary/aromatic N) is 3. The molecule has 3 unspecified atom stereocenters. The summed E-state index contributed by atoms with van der Waals surface area (Å²) in [6.07, 6.45) is -0.178. The minimum atomic E-state index is -3.96. The molecule has 0 spiro atoms. The van der Waals surface area contributed by atoms with Crippen LogP contribution in [0, 0.1) is 3.57 Å². The summed E-state index contributed by atoms with van der Waals surface area (Å²) >= 11 is 2.10. The summed E-state index contributed by atoms with van der Waals surface area (Å²) in [7, 11) is -3.96. The number of amides is 1. The van der Waals surface area contributed by atoms with E-state index >= 15 is 0 Å². The van der Waals surface area contributed by atoms with Crippen molar-refractivity contribution in [3.05, 3.63) is 33.4 Å². The van der Waals surface area contributed by atoms with E-state index in [4.69, 9.17) is 9.47 Å². The Morgan fingerprint density at radius 1 is 1.33 bits per heavy atom. The highest BCUT2D eigenvalue weighted by Gasteiger charge is 2.42. The molecule has 1 aromatic carbocycles. The first kappa shape index (κ1) is 22.9. The van der Waals surface area contributed by atoms with E-state index in [1.807, 2.05) is 12.1 Å². The number of carbonyl (C=O) groups is 1. The number of aromatic nitrogens is 4. The van der Waals surface area contributed by atoms with Crippen LogP contribution in [0.15, 0.2) is 29.4 Å². The van der Waals surface area contributed by atoms with Crippen molar-refractivity contribution < 1.29 is 22.7 Å². The lowest BCUT2D eigenvalue weighted by molar-refractivity contribution is -0.0102. The molecule has 1 aliphatic heterocycles. The van der Waals surface area contributed by atoms with E-state index in [0.29, 0.717) is 18.4 Å². The zero-order valence-corrected chi connectivity index (χ0v) is 19.8. The Kier molecular flexibility index (Phi) is 6.97. The van der Waals surface area contributed by atoms with Gasteiger partial charge in [-0.1, -0.05) is 23.3 Å². The first-order valence-corrected chi connectivity index (χ1v) is 12.0. The summed E-state index contributed by atoms with van der Waals surface area (Å²) in [6, 6.07) is 6.96. The molecule has 3 rings (SSSR count). The van der Waals surface area contributed by atoms with Crippen molar-refractivity contribution in [2.24, 2.45) is 0 Å². The van der Waals surface area contributed by atoms with Crippen molar-refractivity contribution in [2.45, 2.75) is 61.8 Å². The highest BCUT2D eigenvalue weighted by molar-refractivity contribution is 14.1. The SMILES string of the molecule is CC(C)(C)OC(=O)NC1CCC(C(c2ccccc2I)S(=O)(=O)c2nn[nH]n2)OC1. The van der Waals surface area contributed by atoms with Crippen LogP contribution in [0.5, 0.6) is 0 Å². The van der Waals surface area contributed by atoms with Gasteiger partial charge in [0, 0.05) is 3.57 Å². The van der Waals surface area contributed by atoms with Crippen molar-refractivity contribution in [1.29, 1.82) is 0 Å². The lowest BCUT2D eigenvalue weighted by atomic mass is 9.98. The normalized spacial score (nSPS) is 21.1. The number of carbonyl (C=O) groups excluding carboxylic acids is 1. The summed E-state index contributed by atoms with van der Waals surface area (Å²) in [4.78, 5) is 12.0. The molecule has 2 heterocycles. The van der Waals surface area contributed by atoms with Crippen LogP contribution in [-0.4, -0.2) is 59.5 Å². The second kappa shape index (κ2) is 9.14. The van der Waals surface area contributed by atoms with Crippen LogP contribution in [-0.2, 0) is 19.3 Å². The van der Waals surface area contributed by atoms with Gasteiger partial charge in [0.25, 0.3) is 5.16 Å². The molecule has 2 N–H and O–H groups in total. The average molecular weight is 549 g/mol. The van der Waals surface area contributed by atoms with E-state index in [-0.39, 0.29) is 17.8 Å². The molecule has 1 aromatic heterocycles. The van der Waals surface area contributed by atoms with Gasteiger partial charge in [-0.15, -0.1) is 5.10 Å². The summed E-state index contributed by atoms with van der Waals surface area (Å²) in [5.74, 6) is 0. The van der Waals surface area contributed by atoms with Crippen LogP contribution < -0.4 is 5.32 Å². The first-order chi connectivity index (χ1) is 14.1. The first-order valence-electron chi connectivity index (χ1n) is 9.41. The van der Waals surface area contributed by atoms with Gasteiger partial charge in [-0.2, -0.15) is 5.21 Å². The number of nitrogens with one attached hydrogen (secondary N) is 2. The molecule has 0 bridgehead atoms. The fraction of sp³-hybridized carbons (Fsp3) is 0.556. The number of alkyl carbamates (subject to hydrolysis) is 1. The highest BCUT2D eigenvalue weighted by atomic mass is 127. The number of tetrazole rings is 1. The Bertz CT molecular complexity index is 969. The van der Waals surface area contributed by atoms with Gasteiger partial charge in [-0.25, -0.2) is 13.2 Å². The number of sulfone groups is 1. The van der Waals surface area contributed by atoms with Crippen molar-refractivity contribution in [3.63, 3.8) is 0 Å². The largest absolute Gasteiger partial charge is 0.444 e. The molecule has 164 valence electrons. The van der Waals surface area contributed by atoms with E-state index in [9.17, 15) is 13.2 Å². The van der Waals surface area contributed by atoms with E-state index < -0.39 is 32.9 Å². The maximum absolute atomic E-state index is 13.3. The second-order valence-corrected chi connectivity index (χ2v) is 11.1. The zero-order valence-electron chi connectivity index (χ0n) is 16.8. The smallest absolute Gasteiger partial charge is 0.407 e. The Morgan fingerprint density at radius 3 is 2.63 bits per heavy atom. The molecule has 12 heteroatoms. The fourth-order valence-electron chi connectivity index (χ4n) is 3.26. The van der Waals surface area contributed by atoms with Crippen LogP contribution in [0.4, 0.5) is 4.79 Å². The van der Waals surface area contributed by atoms with E-state index in [0.717, 1.165) is 3.57 Å². The van der Waals surface area contributed by atoms with Crippen molar-refractivity contribution >= 4 is 38.5 Å². The summed E-state index contributed by atoms with van der Waals surface area (Å²) < 4.78 is 38.6. The number of ether oxygens (including phenoxy) is 2. The standard InChI is InChI=1S/C18H24IN5O5S/c1-18(2,3)29-17(25)20-11-8-9-14(28-10-11)15(12-6-4-5-7-13(12)19)30(26,27)16-21-23-24-22-16/h4-7,11,14-15H,8-10H2,1-3H3,(H,20,25)(H,21,22,23,24). The maximum Gasteiger partial charge on any atom is 0.407 e. The summed E-state index contributed by atoms with van der Waals surface area (Å²) in [5.41, 5.74) is 0.0158. The minimum absolute atomic E-state index is 0.172. The fourth-order valence-corrected chi connectivity index (χ4v) is 5.90. The number of benzene rings is 1. The van der Waals surface area contributed by atoms with Crippen LogP contribution in [0.25, 0.3) is 0 Å². The maximum atomic E-state index is 13.3. The molecule has 0 saturated carbocycles. The molecule has 1 saturated heterocycles. The summed E-state index contributed by atoms with van der Waals surface area (Å²) in [6.45, 7) is 5.53. The third-order valence-electron chi connectivity index (χ3n) is 4.50. The molecule has 3 atom stereocenters. The Hall–Kier alpha value is -1.80. The highest BCUT2D eigenvalue weighted by Crippen LogP contribution is 2.37. The molecular weight excluding hydrogens is 525 g/mol. The molecular formula is C18H24IN5O5S. The number of rotatable bonds is 5. The van der Waals surface area contributed by atoms with E-state index in [2.05, 4.69) is 48.5 Å². The summed E-state index contributed by atoms with van der Waals surface area (Å²) in [5, 5.41) is 14.4. The predicted octanol–water partition coefficient (Wildman–Crippen LogP) is 2.39. The number of hydrogen-bond acceptors (Lipinski definition) is 8. The van der Waals surface area contributed by atoms with Crippen LogP contribution >= 0.6 is 22.6 Å². The lowest BCUT2D eigenvalue weighted by Crippen LogP contribution is -2.46. The van der Waals surface area contributed by atoms with Gasteiger partial charge in [0.1, 0.15) is 10.9 Å². The molecule has 0 radical (unpaired) electrons. The average Bonchev–Trinajstić information content (AvgIpc) is 3.19. The van der Waals surface area contributed by atoms with Crippen molar-refractivity contribution in [2.75, 3.05) is 6.61 Å². The number of hydrogen-bond donors (Lipinski definition) is 2.